The first kappa shape index (κ1) is 20.0. The zero-order valence-corrected chi connectivity index (χ0v) is 17.5. The number of hydrogen-bond donors (Lipinski definition) is 1. The molecule has 0 saturated carbocycles. The summed E-state index contributed by atoms with van der Waals surface area (Å²) in [4.78, 5) is 13.1. The molecule has 3 aromatic rings. The SMILES string of the molecule is Cc1ccc(NC(=O)C2CN(S(=O)(=O)c3ccccc3)c3ccccc3O2)cc1C. The summed E-state index contributed by atoms with van der Waals surface area (Å²) in [6, 6.07) is 20.6. The molecule has 0 spiro atoms. The molecule has 1 amide bonds. The third kappa shape index (κ3) is 3.76. The Morgan fingerprint density at radius 3 is 2.40 bits per heavy atom. The lowest BCUT2D eigenvalue weighted by Gasteiger charge is -2.34. The molecule has 0 aromatic heterocycles. The van der Waals surface area contributed by atoms with Crippen LogP contribution in [0.2, 0.25) is 0 Å². The van der Waals surface area contributed by atoms with Crippen LogP contribution in [0.25, 0.3) is 0 Å². The van der Waals surface area contributed by atoms with Crippen LogP contribution in [0.5, 0.6) is 5.75 Å². The first-order chi connectivity index (χ1) is 14.4. The van der Waals surface area contributed by atoms with E-state index in [1.807, 2.05) is 32.0 Å². The topological polar surface area (TPSA) is 75.7 Å². The van der Waals surface area contributed by atoms with E-state index in [0.29, 0.717) is 17.1 Å². The molecule has 1 heterocycles. The van der Waals surface area contributed by atoms with E-state index in [4.69, 9.17) is 4.74 Å². The predicted molar refractivity (Wildman–Crippen MR) is 116 cm³/mol. The van der Waals surface area contributed by atoms with Crippen LogP contribution in [0.15, 0.2) is 77.7 Å². The average Bonchev–Trinajstić information content (AvgIpc) is 2.76. The number of rotatable bonds is 4. The Balaban J connectivity index is 1.66. The van der Waals surface area contributed by atoms with Gasteiger partial charge in [-0.2, -0.15) is 0 Å². The minimum atomic E-state index is -3.85. The quantitative estimate of drug-likeness (QED) is 0.692. The maximum absolute atomic E-state index is 13.3. The molecule has 30 heavy (non-hydrogen) atoms. The zero-order chi connectivity index (χ0) is 21.3. The number of hydrogen-bond acceptors (Lipinski definition) is 4. The van der Waals surface area contributed by atoms with E-state index < -0.39 is 22.0 Å². The fraction of sp³-hybridized carbons (Fsp3) is 0.174. The van der Waals surface area contributed by atoms with Crippen molar-refractivity contribution in [2.45, 2.75) is 24.8 Å². The average molecular weight is 423 g/mol. The zero-order valence-electron chi connectivity index (χ0n) is 16.7. The number of anilines is 2. The highest BCUT2D eigenvalue weighted by molar-refractivity contribution is 7.92. The third-order valence-corrected chi connectivity index (χ3v) is 6.93. The van der Waals surface area contributed by atoms with Gasteiger partial charge in [0, 0.05) is 5.69 Å². The van der Waals surface area contributed by atoms with E-state index in [2.05, 4.69) is 5.32 Å². The summed E-state index contributed by atoms with van der Waals surface area (Å²) in [5.74, 6) is -0.0514. The molecule has 0 aliphatic carbocycles. The first-order valence-corrected chi connectivity index (χ1v) is 11.0. The van der Waals surface area contributed by atoms with Crippen LogP contribution in [0, 0.1) is 13.8 Å². The van der Waals surface area contributed by atoms with Crippen molar-refractivity contribution in [3.05, 3.63) is 83.9 Å². The maximum Gasteiger partial charge on any atom is 0.267 e. The van der Waals surface area contributed by atoms with Gasteiger partial charge in [-0.05, 0) is 61.4 Å². The van der Waals surface area contributed by atoms with Gasteiger partial charge in [0.05, 0.1) is 17.1 Å². The Morgan fingerprint density at radius 2 is 1.67 bits per heavy atom. The number of para-hydroxylation sites is 2. The van der Waals surface area contributed by atoms with Crippen LogP contribution in [0.3, 0.4) is 0 Å². The van der Waals surface area contributed by atoms with Crippen LogP contribution in [-0.4, -0.2) is 27.0 Å². The fourth-order valence-electron chi connectivity index (χ4n) is 3.33. The lowest BCUT2D eigenvalue weighted by Crippen LogP contribution is -2.48. The number of sulfonamides is 1. The highest BCUT2D eigenvalue weighted by Gasteiger charge is 2.37. The number of ether oxygens (including phenoxy) is 1. The molecule has 1 atom stereocenters. The van der Waals surface area contributed by atoms with Crippen molar-refractivity contribution in [2.75, 3.05) is 16.2 Å². The molecular formula is C23H22N2O4S. The Hall–Kier alpha value is -3.32. The third-order valence-electron chi connectivity index (χ3n) is 5.13. The van der Waals surface area contributed by atoms with Crippen molar-refractivity contribution < 1.29 is 17.9 Å². The summed E-state index contributed by atoms with van der Waals surface area (Å²) in [5, 5.41) is 2.84. The molecule has 0 saturated heterocycles. The summed E-state index contributed by atoms with van der Waals surface area (Å²) in [7, 11) is -3.85. The van der Waals surface area contributed by atoms with Crippen molar-refractivity contribution in [1.82, 2.24) is 0 Å². The molecule has 0 bridgehead atoms. The second kappa shape index (κ2) is 7.84. The first-order valence-electron chi connectivity index (χ1n) is 9.58. The normalized spacial score (nSPS) is 15.8. The molecule has 1 unspecified atom stereocenters. The van der Waals surface area contributed by atoms with Crippen LogP contribution in [-0.2, 0) is 14.8 Å². The number of benzene rings is 3. The molecule has 7 heteroatoms. The number of fused-ring (bicyclic) bond motifs is 1. The van der Waals surface area contributed by atoms with Gasteiger partial charge < -0.3 is 10.1 Å². The van der Waals surface area contributed by atoms with Crippen LogP contribution >= 0.6 is 0 Å². The van der Waals surface area contributed by atoms with Crippen LogP contribution < -0.4 is 14.4 Å². The second-order valence-corrected chi connectivity index (χ2v) is 9.07. The highest BCUT2D eigenvalue weighted by Crippen LogP contribution is 2.37. The van der Waals surface area contributed by atoms with Gasteiger partial charge in [-0.3, -0.25) is 9.10 Å². The van der Waals surface area contributed by atoms with E-state index in [0.717, 1.165) is 11.1 Å². The van der Waals surface area contributed by atoms with E-state index >= 15 is 0 Å². The molecule has 0 fully saturated rings. The van der Waals surface area contributed by atoms with E-state index in [1.54, 1.807) is 42.5 Å². The van der Waals surface area contributed by atoms with Gasteiger partial charge >= 0.3 is 0 Å². The molecule has 154 valence electrons. The Labute approximate surface area is 176 Å². The Morgan fingerprint density at radius 1 is 0.967 bits per heavy atom. The summed E-state index contributed by atoms with van der Waals surface area (Å²) in [6.07, 6.45) is -0.986. The van der Waals surface area contributed by atoms with E-state index in [9.17, 15) is 13.2 Å². The van der Waals surface area contributed by atoms with Gasteiger partial charge in [0.1, 0.15) is 5.75 Å². The highest BCUT2D eigenvalue weighted by atomic mass is 32.2. The van der Waals surface area contributed by atoms with Crippen molar-refractivity contribution in [1.29, 1.82) is 0 Å². The molecule has 1 N–H and O–H groups in total. The molecule has 0 radical (unpaired) electrons. The number of amides is 1. The molecule has 3 aromatic carbocycles. The number of carbonyl (C=O) groups is 1. The Bertz CT molecular complexity index is 1190. The van der Waals surface area contributed by atoms with Gasteiger partial charge in [-0.1, -0.05) is 36.4 Å². The molecule has 6 nitrogen and oxygen atoms in total. The molecular weight excluding hydrogens is 400 g/mol. The predicted octanol–water partition coefficient (Wildman–Crippen LogP) is 3.90. The largest absolute Gasteiger partial charge is 0.476 e. The lowest BCUT2D eigenvalue weighted by molar-refractivity contribution is -0.122. The monoisotopic (exact) mass is 422 g/mol. The van der Waals surface area contributed by atoms with E-state index in [1.165, 1.54) is 16.4 Å². The Kier molecular flexibility index (Phi) is 5.22. The van der Waals surface area contributed by atoms with Gasteiger partial charge in [-0.25, -0.2) is 8.42 Å². The van der Waals surface area contributed by atoms with Crippen molar-refractivity contribution in [3.63, 3.8) is 0 Å². The van der Waals surface area contributed by atoms with Gasteiger partial charge in [0.15, 0.2) is 6.10 Å². The molecule has 1 aliphatic heterocycles. The number of carbonyl (C=O) groups excluding carboxylic acids is 1. The van der Waals surface area contributed by atoms with Gasteiger partial charge in [0.25, 0.3) is 15.9 Å². The van der Waals surface area contributed by atoms with Crippen LogP contribution in [0.4, 0.5) is 11.4 Å². The van der Waals surface area contributed by atoms with Crippen molar-refractivity contribution in [2.24, 2.45) is 0 Å². The van der Waals surface area contributed by atoms with Gasteiger partial charge in [0.2, 0.25) is 0 Å². The summed E-state index contributed by atoms with van der Waals surface area (Å²) >= 11 is 0. The maximum atomic E-state index is 13.3. The summed E-state index contributed by atoms with van der Waals surface area (Å²) in [6.45, 7) is 3.84. The fourth-order valence-corrected chi connectivity index (χ4v) is 4.82. The minimum Gasteiger partial charge on any atom is -0.476 e. The standard InChI is InChI=1S/C23H22N2O4S/c1-16-12-13-18(14-17(16)2)24-23(26)22-15-25(20-10-6-7-11-21(20)29-22)30(27,28)19-8-4-3-5-9-19/h3-14,22H,15H2,1-2H3,(H,24,26). The number of nitrogens with one attached hydrogen (secondary N) is 1. The smallest absolute Gasteiger partial charge is 0.267 e. The van der Waals surface area contributed by atoms with E-state index in [-0.39, 0.29) is 11.4 Å². The summed E-state index contributed by atoms with van der Waals surface area (Å²) < 4.78 is 33.7. The van der Waals surface area contributed by atoms with Crippen LogP contribution in [0.1, 0.15) is 11.1 Å². The molecule has 4 rings (SSSR count). The number of nitrogens with zero attached hydrogens (tertiary/aromatic N) is 1. The lowest BCUT2D eigenvalue weighted by atomic mass is 10.1. The van der Waals surface area contributed by atoms with Gasteiger partial charge in [-0.15, -0.1) is 0 Å². The van der Waals surface area contributed by atoms with Crippen molar-refractivity contribution >= 4 is 27.3 Å². The second-order valence-electron chi connectivity index (χ2n) is 7.21. The van der Waals surface area contributed by atoms with Crippen molar-refractivity contribution in [3.8, 4) is 5.75 Å². The minimum absolute atomic E-state index is 0.120. The summed E-state index contributed by atoms with van der Waals surface area (Å²) in [5.41, 5.74) is 3.23. The number of aryl methyl sites for hydroxylation is 2. The molecule has 1 aliphatic rings.